The van der Waals surface area contributed by atoms with Crippen molar-refractivity contribution < 1.29 is 19.1 Å². The fourth-order valence-corrected chi connectivity index (χ4v) is 4.17. The normalized spacial score (nSPS) is 18.4. The van der Waals surface area contributed by atoms with Crippen LogP contribution in [0, 0.1) is 5.92 Å². The lowest BCUT2D eigenvalue weighted by Gasteiger charge is -2.24. The maximum atomic E-state index is 13.4. The van der Waals surface area contributed by atoms with Gasteiger partial charge >= 0.3 is 0 Å². The van der Waals surface area contributed by atoms with Crippen molar-refractivity contribution in [3.63, 3.8) is 0 Å². The summed E-state index contributed by atoms with van der Waals surface area (Å²) in [6.07, 6.45) is 5.56. The van der Waals surface area contributed by atoms with Crippen LogP contribution in [0.15, 0.2) is 54.9 Å². The molecule has 1 atom stereocenters. The zero-order chi connectivity index (χ0) is 24.2. The molecule has 1 N–H and O–H groups in total. The van der Waals surface area contributed by atoms with E-state index >= 15 is 0 Å². The molecular formula is C26H29N5O4. The monoisotopic (exact) mass is 475 g/mol. The highest BCUT2D eigenvalue weighted by atomic mass is 16.5. The summed E-state index contributed by atoms with van der Waals surface area (Å²) >= 11 is 0. The molecule has 1 aliphatic heterocycles. The first-order valence-electron chi connectivity index (χ1n) is 11.9. The molecule has 1 aromatic carbocycles. The molecule has 1 saturated carbocycles. The Morgan fingerprint density at radius 2 is 2.00 bits per heavy atom. The summed E-state index contributed by atoms with van der Waals surface area (Å²) in [5, 5.41) is 7.16. The Kier molecular flexibility index (Phi) is 6.76. The largest absolute Gasteiger partial charge is 0.497 e. The fourth-order valence-electron chi connectivity index (χ4n) is 4.17. The molecule has 9 heteroatoms. The highest BCUT2D eigenvalue weighted by Gasteiger charge is 2.33. The zero-order valence-corrected chi connectivity index (χ0v) is 19.7. The second kappa shape index (κ2) is 10.3. The highest BCUT2D eigenvalue weighted by Crippen LogP contribution is 2.29. The van der Waals surface area contributed by atoms with Gasteiger partial charge in [0.2, 0.25) is 5.91 Å². The third-order valence-electron chi connectivity index (χ3n) is 6.37. The van der Waals surface area contributed by atoms with Crippen LogP contribution in [0.1, 0.15) is 28.9 Å². The van der Waals surface area contributed by atoms with E-state index in [9.17, 15) is 9.59 Å². The molecule has 3 aromatic rings. The number of aromatic nitrogens is 3. The average Bonchev–Trinajstić information content (AvgIpc) is 3.62. The number of ether oxygens (including phenoxy) is 2. The van der Waals surface area contributed by atoms with Crippen molar-refractivity contribution in [2.45, 2.75) is 25.5 Å². The first-order valence-corrected chi connectivity index (χ1v) is 11.9. The molecule has 0 radical (unpaired) electrons. The van der Waals surface area contributed by atoms with Crippen molar-refractivity contribution in [3.05, 3.63) is 66.1 Å². The Labute approximate surface area is 204 Å². The summed E-state index contributed by atoms with van der Waals surface area (Å²) < 4.78 is 11.4. The van der Waals surface area contributed by atoms with E-state index in [1.165, 1.54) is 12.8 Å². The predicted octanol–water partition coefficient (Wildman–Crippen LogP) is 2.76. The predicted molar refractivity (Wildman–Crippen MR) is 129 cm³/mol. The Bertz CT molecular complexity index is 1160. The van der Waals surface area contributed by atoms with E-state index in [1.54, 1.807) is 35.4 Å². The van der Waals surface area contributed by atoms with Gasteiger partial charge in [-0.15, -0.1) is 0 Å². The first-order chi connectivity index (χ1) is 17.1. The van der Waals surface area contributed by atoms with Crippen molar-refractivity contribution >= 4 is 11.8 Å². The van der Waals surface area contributed by atoms with Crippen molar-refractivity contribution in [2.24, 2.45) is 5.92 Å². The second-order valence-corrected chi connectivity index (χ2v) is 9.12. The van der Waals surface area contributed by atoms with E-state index < -0.39 is 0 Å². The number of rotatable bonds is 8. The zero-order valence-electron chi connectivity index (χ0n) is 19.7. The molecule has 182 valence electrons. The molecular weight excluding hydrogens is 446 g/mol. The first kappa shape index (κ1) is 23.0. The quantitative estimate of drug-likeness (QED) is 0.538. The van der Waals surface area contributed by atoms with Crippen LogP contribution in [0.3, 0.4) is 0 Å². The number of nitrogens with zero attached hydrogens (tertiary/aromatic N) is 4. The van der Waals surface area contributed by atoms with Gasteiger partial charge in [-0.25, -0.2) is 0 Å². The number of hydrogen-bond donors (Lipinski definition) is 1. The third-order valence-corrected chi connectivity index (χ3v) is 6.37. The minimum absolute atomic E-state index is 0.0146. The number of nitrogens with one attached hydrogen (secondary N) is 1. The molecule has 2 fully saturated rings. The van der Waals surface area contributed by atoms with Crippen LogP contribution < -0.4 is 4.74 Å². The molecule has 3 heterocycles. The van der Waals surface area contributed by atoms with E-state index in [0.29, 0.717) is 43.5 Å². The van der Waals surface area contributed by atoms with E-state index in [4.69, 9.17) is 9.47 Å². The second-order valence-electron chi connectivity index (χ2n) is 9.12. The molecule has 1 saturated heterocycles. The molecule has 2 aliphatic rings. The summed E-state index contributed by atoms with van der Waals surface area (Å²) in [7, 11) is 1.61. The van der Waals surface area contributed by atoms with Gasteiger partial charge in [0.05, 0.1) is 18.9 Å². The van der Waals surface area contributed by atoms with Crippen LogP contribution in [0.25, 0.3) is 11.3 Å². The van der Waals surface area contributed by atoms with Gasteiger partial charge in [0.15, 0.2) is 0 Å². The Balaban J connectivity index is 1.32. The highest BCUT2D eigenvalue weighted by molar-refractivity contribution is 5.96. The summed E-state index contributed by atoms with van der Waals surface area (Å²) in [4.78, 5) is 34.0. The van der Waals surface area contributed by atoms with Crippen LogP contribution in [-0.4, -0.2) is 76.3 Å². The molecule has 2 aromatic heterocycles. The summed E-state index contributed by atoms with van der Waals surface area (Å²) in [6.45, 7) is 1.86. The molecule has 35 heavy (non-hydrogen) atoms. The molecule has 0 spiro atoms. The van der Waals surface area contributed by atoms with E-state index in [0.717, 1.165) is 16.9 Å². The standard InChI is InChI=1S/C26H29N5O4/c1-34-21-8-6-20(7-9-21)23-11-24(29-28-23)26(33)31-15-22(35-17-18-4-5-18)14-30(25(32)16-31)13-19-3-2-10-27-12-19/h2-3,6-12,18,22H,4-5,13-17H2,1H3,(H,28,29)/t22-/m1/s1. The number of hydrogen-bond acceptors (Lipinski definition) is 6. The smallest absolute Gasteiger partial charge is 0.272 e. The molecule has 0 bridgehead atoms. The van der Waals surface area contributed by atoms with Gasteiger partial charge in [-0.1, -0.05) is 6.07 Å². The number of methoxy groups -OCH3 is 1. The van der Waals surface area contributed by atoms with Gasteiger partial charge in [0.25, 0.3) is 5.91 Å². The number of amides is 2. The van der Waals surface area contributed by atoms with E-state index in [2.05, 4.69) is 15.2 Å². The van der Waals surface area contributed by atoms with Crippen LogP contribution >= 0.6 is 0 Å². The van der Waals surface area contributed by atoms with Crippen molar-refractivity contribution in [1.82, 2.24) is 25.0 Å². The van der Waals surface area contributed by atoms with E-state index in [-0.39, 0.29) is 24.5 Å². The molecule has 0 unspecified atom stereocenters. The third kappa shape index (κ3) is 5.68. The average molecular weight is 476 g/mol. The maximum Gasteiger partial charge on any atom is 0.272 e. The van der Waals surface area contributed by atoms with Gasteiger partial charge in [-0.3, -0.25) is 19.7 Å². The lowest BCUT2D eigenvalue weighted by Crippen LogP contribution is -2.40. The number of carbonyl (C=O) groups excluding carboxylic acids is 2. The molecule has 2 amide bonds. The lowest BCUT2D eigenvalue weighted by molar-refractivity contribution is -0.132. The van der Waals surface area contributed by atoms with Crippen molar-refractivity contribution in [2.75, 3.05) is 33.4 Å². The van der Waals surface area contributed by atoms with Gasteiger partial charge in [-0.05, 0) is 60.7 Å². The van der Waals surface area contributed by atoms with Gasteiger partial charge in [-0.2, -0.15) is 5.10 Å². The number of aromatic amines is 1. The van der Waals surface area contributed by atoms with E-state index in [1.807, 2.05) is 36.4 Å². The molecule has 1 aliphatic carbocycles. The number of benzene rings is 1. The van der Waals surface area contributed by atoms with Crippen molar-refractivity contribution in [3.8, 4) is 17.0 Å². The fraction of sp³-hybridized carbons (Fsp3) is 0.385. The van der Waals surface area contributed by atoms with Gasteiger partial charge in [0, 0.05) is 44.2 Å². The molecule has 9 nitrogen and oxygen atoms in total. The number of carbonyl (C=O) groups is 2. The Morgan fingerprint density at radius 3 is 2.71 bits per heavy atom. The van der Waals surface area contributed by atoms with Gasteiger partial charge in [0.1, 0.15) is 18.0 Å². The summed E-state index contributed by atoms with van der Waals surface area (Å²) in [6, 6.07) is 13.0. The van der Waals surface area contributed by atoms with Crippen LogP contribution in [0.5, 0.6) is 5.75 Å². The minimum Gasteiger partial charge on any atom is -0.497 e. The maximum absolute atomic E-state index is 13.4. The number of pyridine rings is 1. The Hall–Kier alpha value is -3.72. The topological polar surface area (TPSA) is 101 Å². The summed E-state index contributed by atoms with van der Waals surface area (Å²) in [5.41, 5.74) is 2.79. The number of H-pyrrole nitrogens is 1. The lowest BCUT2D eigenvalue weighted by atomic mass is 10.1. The minimum atomic E-state index is -0.270. The van der Waals surface area contributed by atoms with Gasteiger partial charge < -0.3 is 19.3 Å². The Morgan fingerprint density at radius 1 is 1.17 bits per heavy atom. The van der Waals surface area contributed by atoms with Crippen LogP contribution in [-0.2, 0) is 16.1 Å². The molecule has 5 rings (SSSR count). The SMILES string of the molecule is COc1ccc(-c2cc(C(=O)N3CC(=O)N(Cc4cccnc4)C[C@@H](OCC4CC4)C3)[nH]n2)cc1. The van der Waals surface area contributed by atoms with Crippen LogP contribution in [0.4, 0.5) is 0 Å². The van der Waals surface area contributed by atoms with Crippen LogP contribution in [0.2, 0.25) is 0 Å². The summed E-state index contributed by atoms with van der Waals surface area (Å²) in [5.74, 6) is 0.949. The van der Waals surface area contributed by atoms with Crippen molar-refractivity contribution in [1.29, 1.82) is 0 Å².